The smallest absolute Gasteiger partial charge is 0.251 e. The van der Waals surface area contributed by atoms with Crippen LogP contribution in [0.4, 0.5) is 0 Å². The Morgan fingerprint density at radius 1 is 1.04 bits per heavy atom. The number of carbonyl (C=O) groups excluding carboxylic acids is 1. The fourth-order valence-electron chi connectivity index (χ4n) is 3.08. The van der Waals surface area contributed by atoms with E-state index in [1.165, 1.54) is 0 Å². The number of aryl methyl sites for hydroxylation is 1. The number of para-hydroxylation sites is 1. The summed E-state index contributed by atoms with van der Waals surface area (Å²) in [5, 5.41) is 11.3. The van der Waals surface area contributed by atoms with Crippen LogP contribution in [0.2, 0.25) is 0 Å². The fraction of sp³-hybridized carbons (Fsp3) is 0.250. The van der Waals surface area contributed by atoms with Gasteiger partial charge in [0.1, 0.15) is 23.1 Å². The van der Waals surface area contributed by atoms with Crippen LogP contribution in [0.15, 0.2) is 54.6 Å². The minimum Gasteiger partial charge on any atom is -0.457 e. The predicted molar refractivity (Wildman–Crippen MR) is 97.3 cm³/mol. The summed E-state index contributed by atoms with van der Waals surface area (Å²) in [5.41, 5.74) is 0.608. The van der Waals surface area contributed by atoms with Gasteiger partial charge in [0.05, 0.1) is 0 Å². The zero-order valence-electron chi connectivity index (χ0n) is 14.4. The number of hydrogen-bond donors (Lipinski definition) is 1. The Balaban J connectivity index is 1.30. The van der Waals surface area contributed by atoms with Gasteiger partial charge in [-0.2, -0.15) is 0 Å². The van der Waals surface area contributed by atoms with E-state index in [4.69, 9.17) is 4.74 Å². The topological polar surface area (TPSA) is 69.0 Å². The van der Waals surface area contributed by atoms with E-state index in [1.807, 2.05) is 30.3 Å². The van der Waals surface area contributed by atoms with Crippen molar-refractivity contribution in [2.75, 3.05) is 6.54 Å². The lowest BCUT2D eigenvalue weighted by molar-refractivity contribution is 0.0954. The summed E-state index contributed by atoms with van der Waals surface area (Å²) >= 11 is 0. The summed E-state index contributed by atoms with van der Waals surface area (Å²) in [7, 11) is 0. The van der Waals surface area contributed by atoms with Gasteiger partial charge in [-0.3, -0.25) is 4.79 Å². The van der Waals surface area contributed by atoms with Crippen LogP contribution in [-0.2, 0) is 19.4 Å². The van der Waals surface area contributed by atoms with E-state index >= 15 is 0 Å². The Labute approximate surface area is 151 Å². The quantitative estimate of drug-likeness (QED) is 0.743. The lowest BCUT2D eigenvalue weighted by Gasteiger charge is -2.08. The number of rotatable bonds is 6. The third-order valence-corrected chi connectivity index (χ3v) is 4.42. The average Bonchev–Trinajstić information content (AvgIpc) is 3.28. The third kappa shape index (κ3) is 3.59. The van der Waals surface area contributed by atoms with Crippen LogP contribution in [0.25, 0.3) is 0 Å². The molecular formula is C20H20N4O2. The number of fused-ring (bicyclic) bond motifs is 1. The normalized spacial score (nSPS) is 12.6. The minimum atomic E-state index is -0.0996. The van der Waals surface area contributed by atoms with E-state index in [0.717, 1.165) is 36.8 Å². The van der Waals surface area contributed by atoms with Crippen molar-refractivity contribution in [3.8, 4) is 11.5 Å². The first-order valence-electron chi connectivity index (χ1n) is 8.82. The molecule has 1 amide bonds. The second-order valence-corrected chi connectivity index (χ2v) is 6.23. The highest BCUT2D eigenvalue weighted by Gasteiger charge is 2.17. The van der Waals surface area contributed by atoms with E-state index in [1.54, 1.807) is 24.3 Å². The van der Waals surface area contributed by atoms with Crippen molar-refractivity contribution in [1.82, 2.24) is 20.1 Å². The van der Waals surface area contributed by atoms with Gasteiger partial charge in [-0.05, 0) is 42.8 Å². The van der Waals surface area contributed by atoms with E-state index in [0.29, 0.717) is 24.3 Å². The number of nitrogens with one attached hydrogen (secondary N) is 1. The van der Waals surface area contributed by atoms with Gasteiger partial charge in [0.15, 0.2) is 0 Å². The molecule has 0 saturated carbocycles. The molecule has 1 aliphatic heterocycles. The maximum absolute atomic E-state index is 12.3. The molecule has 0 aliphatic carbocycles. The van der Waals surface area contributed by atoms with Gasteiger partial charge in [0.2, 0.25) is 0 Å². The Hall–Kier alpha value is -3.15. The highest BCUT2D eigenvalue weighted by molar-refractivity contribution is 5.94. The summed E-state index contributed by atoms with van der Waals surface area (Å²) in [4.78, 5) is 12.3. The maximum atomic E-state index is 12.3. The second-order valence-electron chi connectivity index (χ2n) is 6.23. The first-order valence-corrected chi connectivity index (χ1v) is 8.82. The van der Waals surface area contributed by atoms with Crippen molar-refractivity contribution in [3.05, 3.63) is 71.8 Å². The number of nitrogens with zero attached hydrogens (tertiary/aromatic N) is 3. The van der Waals surface area contributed by atoms with Crippen molar-refractivity contribution >= 4 is 5.91 Å². The molecule has 1 aliphatic rings. The molecule has 6 heteroatoms. The van der Waals surface area contributed by atoms with Crippen LogP contribution in [0, 0.1) is 0 Å². The Morgan fingerprint density at radius 2 is 1.81 bits per heavy atom. The largest absolute Gasteiger partial charge is 0.457 e. The zero-order valence-corrected chi connectivity index (χ0v) is 14.4. The average molecular weight is 348 g/mol. The molecule has 0 unspecified atom stereocenters. The van der Waals surface area contributed by atoms with Gasteiger partial charge in [0, 0.05) is 31.5 Å². The summed E-state index contributed by atoms with van der Waals surface area (Å²) < 4.78 is 7.89. The fourth-order valence-corrected chi connectivity index (χ4v) is 3.08. The lowest BCUT2D eigenvalue weighted by atomic mass is 10.2. The molecule has 0 saturated heterocycles. The third-order valence-electron chi connectivity index (χ3n) is 4.42. The predicted octanol–water partition coefficient (Wildman–Crippen LogP) is 2.99. The molecule has 1 aromatic heterocycles. The summed E-state index contributed by atoms with van der Waals surface area (Å²) in [6.45, 7) is 1.52. The molecular weight excluding hydrogens is 328 g/mol. The van der Waals surface area contributed by atoms with Crippen molar-refractivity contribution in [1.29, 1.82) is 0 Å². The van der Waals surface area contributed by atoms with Gasteiger partial charge in [-0.1, -0.05) is 18.2 Å². The molecule has 1 N–H and O–H groups in total. The van der Waals surface area contributed by atoms with E-state index in [2.05, 4.69) is 20.1 Å². The number of amides is 1. The first-order chi connectivity index (χ1) is 12.8. The number of hydrogen-bond acceptors (Lipinski definition) is 4. The monoisotopic (exact) mass is 348 g/mol. The number of aromatic nitrogens is 3. The molecule has 2 aromatic carbocycles. The minimum absolute atomic E-state index is 0.0996. The molecule has 0 atom stereocenters. The van der Waals surface area contributed by atoms with Crippen LogP contribution >= 0.6 is 0 Å². The van der Waals surface area contributed by atoms with Crippen LogP contribution in [0.1, 0.15) is 28.4 Å². The number of benzene rings is 2. The highest BCUT2D eigenvalue weighted by atomic mass is 16.5. The van der Waals surface area contributed by atoms with Crippen molar-refractivity contribution in [3.63, 3.8) is 0 Å². The Bertz CT molecular complexity index is 888. The van der Waals surface area contributed by atoms with Crippen LogP contribution in [0.3, 0.4) is 0 Å². The molecule has 26 heavy (non-hydrogen) atoms. The maximum Gasteiger partial charge on any atom is 0.251 e. The van der Waals surface area contributed by atoms with E-state index in [9.17, 15) is 4.79 Å². The van der Waals surface area contributed by atoms with E-state index in [-0.39, 0.29) is 5.91 Å². The van der Waals surface area contributed by atoms with Crippen LogP contribution in [0.5, 0.6) is 11.5 Å². The zero-order chi connectivity index (χ0) is 17.8. The lowest BCUT2D eigenvalue weighted by Crippen LogP contribution is -2.26. The molecule has 4 rings (SSSR count). The molecule has 132 valence electrons. The van der Waals surface area contributed by atoms with Gasteiger partial charge in [0.25, 0.3) is 5.91 Å². The van der Waals surface area contributed by atoms with Crippen molar-refractivity contribution in [2.45, 2.75) is 25.8 Å². The number of ether oxygens (including phenoxy) is 1. The molecule has 0 spiro atoms. The Morgan fingerprint density at radius 3 is 2.62 bits per heavy atom. The van der Waals surface area contributed by atoms with Gasteiger partial charge >= 0.3 is 0 Å². The van der Waals surface area contributed by atoms with Crippen LogP contribution in [-0.4, -0.2) is 27.2 Å². The molecule has 0 radical (unpaired) electrons. The van der Waals surface area contributed by atoms with Gasteiger partial charge in [-0.15, -0.1) is 10.2 Å². The van der Waals surface area contributed by atoms with Crippen molar-refractivity contribution < 1.29 is 9.53 Å². The summed E-state index contributed by atoms with van der Waals surface area (Å²) in [5.74, 6) is 3.37. The molecule has 3 aromatic rings. The number of carbonyl (C=O) groups is 1. The van der Waals surface area contributed by atoms with Crippen LogP contribution < -0.4 is 10.1 Å². The highest BCUT2D eigenvalue weighted by Crippen LogP contribution is 2.21. The van der Waals surface area contributed by atoms with E-state index < -0.39 is 0 Å². The SMILES string of the molecule is O=C(NCCc1nnc2n1CCC2)c1ccc(Oc2ccccc2)cc1. The molecule has 0 fully saturated rings. The second kappa shape index (κ2) is 7.39. The molecule has 6 nitrogen and oxygen atoms in total. The Kier molecular flexibility index (Phi) is 4.64. The molecule has 2 heterocycles. The molecule has 0 bridgehead atoms. The summed E-state index contributed by atoms with van der Waals surface area (Å²) in [6.07, 6.45) is 2.81. The standard InChI is InChI=1S/C20H20N4O2/c25-20(21-13-12-19-23-22-18-7-4-14-24(18)19)15-8-10-17(11-9-15)26-16-5-2-1-3-6-16/h1-3,5-6,8-11H,4,7,12-14H2,(H,21,25). The van der Waals surface area contributed by atoms with Gasteiger partial charge in [-0.25, -0.2) is 0 Å². The van der Waals surface area contributed by atoms with Gasteiger partial charge < -0.3 is 14.6 Å². The first kappa shape index (κ1) is 16.3. The summed E-state index contributed by atoms with van der Waals surface area (Å²) in [6, 6.07) is 16.7. The van der Waals surface area contributed by atoms with Crippen molar-refractivity contribution in [2.24, 2.45) is 0 Å².